The standard InChI is InChI=1S/C14H17BrFNO/c15-7-10-3-4-17(8-10)9-13-6-11-5-12(16)1-2-14(11)18-13/h1-2,5,10,13H,3-4,6-9H2. The Hall–Kier alpha value is -0.610. The van der Waals surface area contributed by atoms with Crippen LogP contribution in [0.1, 0.15) is 12.0 Å². The lowest BCUT2D eigenvalue weighted by atomic mass is 10.1. The van der Waals surface area contributed by atoms with Gasteiger partial charge in [-0.3, -0.25) is 4.90 Å². The average Bonchev–Trinajstić information content (AvgIpc) is 2.95. The van der Waals surface area contributed by atoms with Crippen LogP contribution in [0.25, 0.3) is 0 Å². The van der Waals surface area contributed by atoms with E-state index in [1.165, 1.54) is 12.5 Å². The van der Waals surface area contributed by atoms with Crippen molar-refractivity contribution in [2.24, 2.45) is 5.92 Å². The van der Waals surface area contributed by atoms with Crippen molar-refractivity contribution in [3.8, 4) is 5.75 Å². The Labute approximate surface area is 115 Å². The summed E-state index contributed by atoms with van der Waals surface area (Å²) in [4.78, 5) is 2.46. The molecule has 0 aromatic heterocycles. The third-order valence-electron chi connectivity index (χ3n) is 3.81. The van der Waals surface area contributed by atoms with Gasteiger partial charge in [0.25, 0.3) is 0 Å². The van der Waals surface area contributed by atoms with E-state index < -0.39 is 0 Å². The summed E-state index contributed by atoms with van der Waals surface area (Å²) >= 11 is 3.55. The minimum absolute atomic E-state index is 0.168. The number of hydrogen-bond donors (Lipinski definition) is 0. The fourth-order valence-corrected chi connectivity index (χ4v) is 3.41. The van der Waals surface area contributed by atoms with Gasteiger partial charge in [-0.25, -0.2) is 4.39 Å². The molecule has 1 aromatic carbocycles. The first kappa shape index (κ1) is 12.4. The Bertz CT molecular complexity index is 440. The molecule has 1 saturated heterocycles. The van der Waals surface area contributed by atoms with Crippen molar-refractivity contribution >= 4 is 15.9 Å². The SMILES string of the molecule is Fc1ccc2c(c1)CC(CN1CCC(CBr)C1)O2. The van der Waals surface area contributed by atoms with Gasteiger partial charge in [-0.05, 0) is 37.1 Å². The first-order valence-electron chi connectivity index (χ1n) is 6.48. The number of fused-ring (bicyclic) bond motifs is 1. The Morgan fingerprint density at radius 3 is 3.11 bits per heavy atom. The summed E-state index contributed by atoms with van der Waals surface area (Å²) in [6.07, 6.45) is 2.29. The quantitative estimate of drug-likeness (QED) is 0.796. The number of benzene rings is 1. The van der Waals surface area contributed by atoms with Gasteiger partial charge in [0.05, 0.1) is 0 Å². The maximum atomic E-state index is 13.1. The first-order chi connectivity index (χ1) is 8.74. The minimum atomic E-state index is -0.168. The molecule has 0 aliphatic carbocycles. The molecular formula is C14H17BrFNO. The lowest BCUT2D eigenvalue weighted by Crippen LogP contribution is -2.33. The Kier molecular flexibility index (Phi) is 3.57. The van der Waals surface area contributed by atoms with Crippen LogP contribution < -0.4 is 4.74 Å². The van der Waals surface area contributed by atoms with Crippen LogP contribution in [0.2, 0.25) is 0 Å². The smallest absolute Gasteiger partial charge is 0.123 e. The molecule has 4 heteroatoms. The second-order valence-corrected chi connectivity index (χ2v) is 5.91. The number of alkyl halides is 1. The Morgan fingerprint density at radius 2 is 2.33 bits per heavy atom. The lowest BCUT2D eigenvalue weighted by Gasteiger charge is -2.20. The monoisotopic (exact) mass is 313 g/mol. The first-order valence-corrected chi connectivity index (χ1v) is 7.60. The van der Waals surface area contributed by atoms with E-state index in [2.05, 4.69) is 20.8 Å². The Morgan fingerprint density at radius 1 is 1.44 bits per heavy atom. The maximum Gasteiger partial charge on any atom is 0.123 e. The van der Waals surface area contributed by atoms with Gasteiger partial charge in [-0.15, -0.1) is 0 Å². The Balaban J connectivity index is 1.58. The molecule has 0 amide bonds. The van der Waals surface area contributed by atoms with E-state index >= 15 is 0 Å². The van der Waals surface area contributed by atoms with Crippen LogP contribution >= 0.6 is 15.9 Å². The molecule has 0 saturated carbocycles. The highest BCUT2D eigenvalue weighted by Crippen LogP contribution is 2.30. The zero-order valence-electron chi connectivity index (χ0n) is 10.2. The molecule has 2 aliphatic rings. The highest BCUT2D eigenvalue weighted by atomic mass is 79.9. The summed E-state index contributed by atoms with van der Waals surface area (Å²) in [7, 11) is 0. The number of halogens is 2. The van der Waals surface area contributed by atoms with E-state index in [0.29, 0.717) is 0 Å². The van der Waals surface area contributed by atoms with E-state index in [-0.39, 0.29) is 11.9 Å². The summed E-state index contributed by atoms with van der Waals surface area (Å²) in [6, 6.07) is 4.81. The molecule has 0 spiro atoms. The topological polar surface area (TPSA) is 12.5 Å². The van der Waals surface area contributed by atoms with Crippen molar-refractivity contribution in [1.82, 2.24) is 4.90 Å². The third-order valence-corrected chi connectivity index (χ3v) is 4.73. The minimum Gasteiger partial charge on any atom is -0.488 e. The molecule has 0 N–H and O–H groups in total. The predicted molar refractivity (Wildman–Crippen MR) is 72.9 cm³/mol. The van der Waals surface area contributed by atoms with Crippen LogP contribution in [-0.2, 0) is 6.42 Å². The van der Waals surface area contributed by atoms with Crippen LogP contribution in [0.4, 0.5) is 4.39 Å². The van der Waals surface area contributed by atoms with Crippen LogP contribution in [0.5, 0.6) is 5.75 Å². The highest BCUT2D eigenvalue weighted by Gasteiger charge is 2.28. The summed E-state index contributed by atoms with van der Waals surface area (Å²) < 4.78 is 19.0. The predicted octanol–water partition coefficient (Wildman–Crippen LogP) is 2.85. The molecule has 0 bridgehead atoms. The molecule has 2 heterocycles. The van der Waals surface area contributed by atoms with Gasteiger partial charge in [0.1, 0.15) is 17.7 Å². The van der Waals surface area contributed by atoms with Crippen LogP contribution in [0.15, 0.2) is 18.2 Å². The maximum absolute atomic E-state index is 13.1. The molecule has 1 fully saturated rings. The molecule has 1 aromatic rings. The van der Waals surface area contributed by atoms with Crippen molar-refractivity contribution in [3.63, 3.8) is 0 Å². The van der Waals surface area contributed by atoms with Gasteiger partial charge < -0.3 is 4.74 Å². The summed E-state index contributed by atoms with van der Waals surface area (Å²) in [5.74, 6) is 1.46. The molecule has 3 rings (SSSR count). The highest BCUT2D eigenvalue weighted by molar-refractivity contribution is 9.09. The second kappa shape index (κ2) is 5.17. The molecule has 2 atom stereocenters. The van der Waals surface area contributed by atoms with Gasteiger partial charge in [0.2, 0.25) is 0 Å². The van der Waals surface area contributed by atoms with E-state index in [0.717, 1.165) is 48.6 Å². The van der Waals surface area contributed by atoms with Gasteiger partial charge in [0.15, 0.2) is 0 Å². The fourth-order valence-electron chi connectivity index (χ4n) is 2.88. The van der Waals surface area contributed by atoms with Crippen LogP contribution in [-0.4, -0.2) is 36.0 Å². The third kappa shape index (κ3) is 2.54. The number of hydrogen-bond acceptors (Lipinski definition) is 2. The molecule has 2 nitrogen and oxygen atoms in total. The lowest BCUT2D eigenvalue weighted by molar-refractivity contribution is 0.166. The van der Waals surface area contributed by atoms with E-state index in [1.54, 1.807) is 12.1 Å². The molecule has 2 aliphatic heterocycles. The summed E-state index contributed by atoms with van der Waals surface area (Å²) in [5.41, 5.74) is 1.01. The molecule has 98 valence electrons. The van der Waals surface area contributed by atoms with Gasteiger partial charge >= 0.3 is 0 Å². The van der Waals surface area contributed by atoms with Gasteiger partial charge in [-0.1, -0.05) is 15.9 Å². The number of ether oxygens (including phenoxy) is 1. The van der Waals surface area contributed by atoms with Gasteiger partial charge in [-0.2, -0.15) is 0 Å². The zero-order chi connectivity index (χ0) is 12.5. The van der Waals surface area contributed by atoms with E-state index in [1.807, 2.05) is 0 Å². The van der Waals surface area contributed by atoms with Crippen molar-refractivity contribution < 1.29 is 9.13 Å². The van der Waals surface area contributed by atoms with Crippen LogP contribution in [0, 0.1) is 11.7 Å². The summed E-state index contributed by atoms with van der Waals surface area (Å²) in [5, 5.41) is 1.08. The van der Waals surface area contributed by atoms with Crippen molar-refractivity contribution in [2.45, 2.75) is 18.9 Å². The average molecular weight is 314 g/mol. The summed E-state index contributed by atoms with van der Waals surface area (Å²) in [6.45, 7) is 3.26. The molecular weight excluding hydrogens is 297 g/mol. The number of nitrogens with zero attached hydrogens (tertiary/aromatic N) is 1. The van der Waals surface area contributed by atoms with E-state index in [9.17, 15) is 4.39 Å². The molecule has 0 radical (unpaired) electrons. The zero-order valence-corrected chi connectivity index (χ0v) is 11.8. The molecule has 18 heavy (non-hydrogen) atoms. The second-order valence-electron chi connectivity index (χ2n) is 5.26. The normalized spacial score (nSPS) is 27.2. The molecule has 2 unspecified atom stereocenters. The number of likely N-dealkylation sites (tertiary alicyclic amines) is 1. The van der Waals surface area contributed by atoms with Crippen molar-refractivity contribution in [3.05, 3.63) is 29.6 Å². The van der Waals surface area contributed by atoms with Crippen LogP contribution in [0.3, 0.4) is 0 Å². The van der Waals surface area contributed by atoms with Gasteiger partial charge in [0, 0.05) is 30.4 Å². The number of rotatable bonds is 3. The van der Waals surface area contributed by atoms with Crippen molar-refractivity contribution in [1.29, 1.82) is 0 Å². The largest absolute Gasteiger partial charge is 0.488 e. The van der Waals surface area contributed by atoms with Crippen molar-refractivity contribution in [2.75, 3.05) is 25.0 Å². The van der Waals surface area contributed by atoms with E-state index in [4.69, 9.17) is 4.74 Å². The fraction of sp³-hybridized carbons (Fsp3) is 0.571.